The zero-order valence-electron chi connectivity index (χ0n) is 6.41. The van der Waals surface area contributed by atoms with Crippen LogP contribution in [0.3, 0.4) is 0 Å². The topological polar surface area (TPSA) is 72.2 Å². The molecular weight excluding hydrogens is 187 g/mol. The molecule has 1 aliphatic rings. The number of hydrogen-bond donors (Lipinski definition) is 2. The second-order valence-corrected chi connectivity index (χ2v) is 4.32. The maximum absolute atomic E-state index is 10.6. The van der Waals surface area contributed by atoms with Crippen molar-refractivity contribution in [2.75, 3.05) is 0 Å². The molecular formula is C6H15N2NaO2S. The first-order valence-electron chi connectivity index (χ1n) is 3.88. The molecule has 0 atom stereocenters. The molecule has 0 heterocycles. The van der Waals surface area contributed by atoms with E-state index in [1.54, 1.807) is 0 Å². The first-order chi connectivity index (χ1) is 5.08. The van der Waals surface area contributed by atoms with Gasteiger partial charge in [0.25, 0.3) is 10.2 Å². The van der Waals surface area contributed by atoms with Gasteiger partial charge in [-0.25, -0.2) is 5.14 Å². The summed E-state index contributed by atoms with van der Waals surface area (Å²) < 4.78 is 23.5. The van der Waals surface area contributed by atoms with Crippen LogP contribution in [0.1, 0.15) is 32.1 Å². The van der Waals surface area contributed by atoms with E-state index in [-0.39, 0.29) is 35.6 Å². The van der Waals surface area contributed by atoms with E-state index >= 15 is 0 Å². The average Bonchev–Trinajstić information content (AvgIpc) is 1.85. The van der Waals surface area contributed by atoms with Crippen LogP contribution in [0.25, 0.3) is 0 Å². The summed E-state index contributed by atoms with van der Waals surface area (Å²) in [6.45, 7) is 0. The zero-order chi connectivity index (χ0) is 8.32. The van der Waals surface area contributed by atoms with Gasteiger partial charge in [0.2, 0.25) is 0 Å². The molecule has 0 spiro atoms. The summed E-state index contributed by atoms with van der Waals surface area (Å²) in [6, 6.07) is 0.0822. The van der Waals surface area contributed by atoms with Crippen molar-refractivity contribution in [3.05, 3.63) is 0 Å². The molecule has 0 saturated heterocycles. The van der Waals surface area contributed by atoms with Crippen LogP contribution in [0, 0.1) is 0 Å². The molecule has 0 amide bonds. The summed E-state index contributed by atoms with van der Waals surface area (Å²) in [7, 11) is -3.47. The Balaban J connectivity index is 0.00000121. The molecule has 0 aromatic rings. The number of rotatable bonds is 2. The third-order valence-corrected chi connectivity index (χ3v) is 2.60. The Hall–Kier alpha value is 0.870. The van der Waals surface area contributed by atoms with E-state index < -0.39 is 10.2 Å². The van der Waals surface area contributed by atoms with Crippen LogP contribution in [0.2, 0.25) is 0 Å². The standard InChI is InChI=1S/C6H14N2O2S.Na.H/c7-11(9,10)8-6-4-2-1-3-5-6;;/h6,8H,1-5H2,(H2,7,9,10);;. The van der Waals surface area contributed by atoms with Gasteiger partial charge in [0.15, 0.2) is 0 Å². The van der Waals surface area contributed by atoms with Crippen molar-refractivity contribution in [3.8, 4) is 0 Å². The second kappa shape index (κ2) is 5.57. The van der Waals surface area contributed by atoms with Crippen molar-refractivity contribution < 1.29 is 8.42 Å². The summed E-state index contributed by atoms with van der Waals surface area (Å²) in [5.74, 6) is 0. The molecule has 3 N–H and O–H groups in total. The van der Waals surface area contributed by atoms with E-state index in [0.717, 1.165) is 25.7 Å². The number of nitrogens with two attached hydrogens (primary N) is 1. The quantitative estimate of drug-likeness (QED) is 0.590. The van der Waals surface area contributed by atoms with Crippen LogP contribution in [-0.4, -0.2) is 44.0 Å². The molecule has 0 aliphatic heterocycles. The molecule has 1 saturated carbocycles. The Morgan fingerprint density at radius 1 is 1.17 bits per heavy atom. The SMILES string of the molecule is NS(=O)(=O)NC1CCCCC1.[NaH]. The fourth-order valence-electron chi connectivity index (χ4n) is 1.45. The van der Waals surface area contributed by atoms with Crippen LogP contribution in [0.5, 0.6) is 0 Å². The Morgan fingerprint density at radius 2 is 1.67 bits per heavy atom. The van der Waals surface area contributed by atoms with Crippen molar-refractivity contribution >= 4 is 39.8 Å². The van der Waals surface area contributed by atoms with Gasteiger partial charge in [-0.15, -0.1) is 0 Å². The first-order valence-corrected chi connectivity index (χ1v) is 5.42. The zero-order valence-corrected chi connectivity index (χ0v) is 7.23. The molecule has 0 unspecified atom stereocenters. The molecule has 1 aliphatic carbocycles. The number of nitrogens with one attached hydrogen (secondary N) is 1. The van der Waals surface area contributed by atoms with Crippen LogP contribution in [-0.2, 0) is 10.2 Å². The minimum atomic E-state index is -3.47. The van der Waals surface area contributed by atoms with Crippen LogP contribution >= 0.6 is 0 Å². The van der Waals surface area contributed by atoms with Crippen molar-refractivity contribution in [1.29, 1.82) is 0 Å². The summed E-state index contributed by atoms with van der Waals surface area (Å²) in [4.78, 5) is 0. The Morgan fingerprint density at radius 3 is 2.08 bits per heavy atom. The molecule has 0 radical (unpaired) electrons. The minimum absolute atomic E-state index is 0. The van der Waals surface area contributed by atoms with Gasteiger partial charge >= 0.3 is 29.6 Å². The van der Waals surface area contributed by atoms with Crippen molar-refractivity contribution in [2.24, 2.45) is 5.14 Å². The number of hydrogen-bond acceptors (Lipinski definition) is 2. The molecule has 0 aromatic carbocycles. The Bertz CT molecular complexity index is 212. The molecule has 4 nitrogen and oxygen atoms in total. The van der Waals surface area contributed by atoms with Gasteiger partial charge in [0.1, 0.15) is 0 Å². The Kier molecular flexibility index (Phi) is 5.97. The van der Waals surface area contributed by atoms with Gasteiger partial charge in [0.05, 0.1) is 0 Å². The molecule has 6 heteroatoms. The Labute approximate surface area is 95.8 Å². The van der Waals surface area contributed by atoms with E-state index in [2.05, 4.69) is 4.72 Å². The summed E-state index contributed by atoms with van der Waals surface area (Å²) in [5, 5.41) is 4.83. The summed E-state index contributed by atoms with van der Waals surface area (Å²) in [6.07, 6.45) is 5.27. The molecule has 68 valence electrons. The second-order valence-electron chi connectivity index (χ2n) is 3.00. The fraction of sp³-hybridized carbons (Fsp3) is 1.00. The molecule has 12 heavy (non-hydrogen) atoms. The molecule has 0 aromatic heterocycles. The van der Waals surface area contributed by atoms with Crippen LogP contribution in [0.15, 0.2) is 0 Å². The van der Waals surface area contributed by atoms with E-state index in [0.29, 0.717) is 0 Å². The first kappa shape index (κ1) is 12.9. The fourth-order valence-corrected chi connectivity index (χ4v) is 2.15. The molecule has 0 bridgehead atoms. The molecule has 1 fully saturated rings. The van der Waals surface area contributed by atoms with Gasteiger partial charge < -0.3 is 0 Å². The molecule has 1 rings (SSSR count). The van der Waals surface area contributed by atoms with Gasteiger partial charge in [0, 0.05) is 6.04 Å². The predicted octanol–water partition coefficient (Wildman–Crippen LogP) is -0.536. The maximum atomic E-state index is 10.6. The third-order valence-electron chi connectivity index (χ3n) is 1.94. The normalized spacial score (nSPS) is 20.1. The summed E-state index contributed by atoms with van der Waals surface area (Å²) in [5.41, 5.74) is 0. The van der Waals surface area contributed by atoms with Gasteiger partial charge in [-0.2, -0.15) is 13.1 Å². The van der Waals surface area contributed by atoms with Crippen molar-refractivity contribution in [3.63, 3.8) is 0 Å². The van der Waals surface area contributed by atoms with Gasteiger partial charge in [-0.05, 0) is 12.8 Å². The van der Waals surface area contributed by atoms with Crippen LogP contribution in [0.4, 0.5) is 0 Å². The summed E-state index contributed by atoms with van der Waals surface area (Å²) >= 11 is 0. The average molecular weight is 202 g/mol. The van der Waals surface area contributed by atoms with E-state index in [9.17, 15) is 8.42 Å². The van der Waals surface area contributed by atoms with Crippen molar-refractivity contribution in [2.45, 2.75) is 38.1 Å². The van der Waals surface area contributed by atoms with Gasteiger partial charge in [-0.3, -0.25) is 0 Å². The van der Waals surface area contributed by atoms with Gasteiger partial charge in [-0.1, -0.05) is 19.3 Å². The predicted molar refractivity (Wildman–Crippen MR) is 50.3 cm³/mol. The van der Waals surface area contributed by atoms with E-state index in [1.807, 2.05) is 0 Å². The van der Waals surface area contributed by atoms with E-state index in [4.69, 9.17) is 5.14 Å². The third kappa shape index (κ3) is 5.50. The van der Waals surface area contributed by atoms with Crippen LogP contribution < -0.4 is 9.86 Å². The van der Waals surface area contributed by atoms with Crippen molar-refractivity contribution in [1.82, 2.24) is 4.72 Å². The van der Waals surface area contributed by atoms with E-state index in [1.165, 1.54) is 6.42 Å². The monoisotopic (exact) mass is 202 g/mol.